The highest BCUT2D eigenvalue weighted by molar-refractivity contribution is 5.05. The van der Waals surface area contributed by atoms with Gasteiger partial charge in [0.25, 0.3) is 0 Å². The van der Waals surface area contributed by atoms with Crippen molar-refractivity contribution in [1.29, 1.82) is 0 Å². The van der Waals surface area contributed by atoms with Gasteiger partial charge in [-0.3, -0.25) is 0 Å². The molecule has 3 aliphatic rings. The maximum absolute atomic E-state index is 11.3. The molecule has 1 spiro atoms. The zero-order valence-electron chi connectivity index (χ0n) is 13.3. The zero-order chi connectivity index (χ0) is 14.4. The van der Waals surface area contributed by atoms with Crippen LogP contribution in [0, 0.1) is 17.3 Å². The van der Waals surface area contributed by atoms with E-state index in [0.717, 1.165) is 58.3 Å². The highest BCUT2D eigenvalue weighted by atomic mass is 16.5. The van der Waals surface area contributed by atoms with Crippen LogP contribution in [0.2, 0.25) is 0 Å². The average molecular weight is 282 g/mol. The van der Waals surface area contributed by atoms with Crippen molar-refractivity contribution in [3.63, 3.8) is 0 Å². The van der Waals surface area contributed by atoms with E-state index in [2.05, 4.69) is 20.8 Å². The fraction of sp³-hybridized carbons (Fsp3) is 1.00. The fourth-order valence-electron chi connectivity index (χ4n) is 5.11. The molecule has 0 bridgehead atoms. The first-order valence-electron chi connectivity index (χ1n) is 8.29. The van der Waals surface area contributed by atoms with Crippen LogP contribution in [0.3, 0.4) is 0 Å². The van der Waals surface area contributed by atoms with Crippen molar-refractivity contribution in [2.75, 3.05) is 19.8 Å². The van der Waals surface area contributed by atoms with Gasteiger partial charge < -0.3 is 14.6 Å². The van der Waals surface area contributed by atoms with Crippen LogP contribution < -0.4 is 0 Å². The summed E-state index contributed by atoms with van der Waals surface area (Å²) in [4.78, 5) is 0. The lowest BCUT2D eigenvalue weighted by Crippen LogP contribution is -2.51. The zero-order valence-corrected chi connectivity index (χ0v) is 13.3. The van der Waals surface area contributed by atoms with Crippen molar-refractivity contribution in [2.24, 2.45) is 17.3 Å². The molecule has 0 aromatic carbocycles. The molecule has 1 N–H and O–H groups in total. The van der Waals surface area contributed by atoms with E-state index in [1.54, 1.807) is 0 Å². The van der Waals surface area contributed by atoms with Crippen molar-refractivity contribution >= 4 is 0 Å². The molecule has 20 heavy (non-hydrogen) atoms. The molecule has 0 aromatic rings. The summed E-state index contributed by atoms with van der Waals surface area (Å²) >= 11 is 0. The number of rotatable bonds is 1. The Balaban J connectivity index is 1.76. The first-order valence-corrected chi connectivity index (χ1v) is 8.29. The van der Waals surface area contributed by atoms with E-state index in [9.17, 15) is 5.11 Å². The Morgan fingerprint density at radius 3 is 2.35 bits per heavy atom. The SMILES string of the molecule is CC1CC(C)(C)CC1(O)C1CCOC2(CCOCC2)C1. The Morgan fingerprint density at radius 2 is 1.75 bits per heavy atom. The Labute approximate surface area is 123 Å². The normalized spacial score (nSPS) is 43.8. The minimum absolute atomic E-state index is 0.0106. The third kappa shape index (κ3) is 2.53. The molecule has 3 nitrogen and oxygen atoms in total. The van der Waals surface area contributed by atoms with E-state index in [-0.39, 0.29) is 11.0 Å². The standard InChI is InChI=1S/C17H30O3/c1-13-10-15(2,3)12-17(13,18)14-4-7-20-16(11-14)5-8-19-9-6-16/h13-14,18H,4-12H2,1-3H3. The molecule has 2 saturated heterocycles. The van der Waals surface area contributed by atoms with Gasteiger partial charge in [0.2, 0.25) is 0 Å². The predicted octanol–water partition coefficient (Wildman–Crippen LogP) is 3.15. The second-order valence-electron chi connectivity index (χ2n) is 8.27. The highest BCUT2D eigenvalue weighted by Gasteiger charge is 2.54. The Kier molecular flexibility index (Phi) is 3.67. The topological polar surface area (TPSA) is 38.7 Å². The molecule has 0 amide bonds. The average Bonchev–Trinajstić information content (AvgIpc) is 2.60. The molecule has 3 unspecified atom stereocenters. The fourth-order valence-corrected chi connectivity index (χ4v) is 5.11. The quantitative estimate of drug-likeness (QED) is 0.803. The second-order valence-corrected chi connectivity index (χ2v) is 8.27. The third-order valence-corrected chi connectivity index (χ3v) is 6.08. The molecule has 1 saturated carbocycles. The molecule has 116 valence electrons. The van der Waals surface area contributed by atoms with E-state index in [1.165, 1.54) is 0 Å². The van der Waals surface area contributed by atoms with Crippen molar-refractivity contribution in [3.05, 3.63) is 0 Å². The summed E-state index contributed by atoms with van der Waals surface area (Å²) in [5, 5.41) is 11.3. The van der Waals surface area contributed by atoms with Gasteiger partial charge in [0.15, 0.2) is 0 Å². The van der Waals surface area contributed by atoms with Crippen LogP contribution in [-0.4, -0.2) is 36.1 Å². The molecular weight excluding hydrogens is 252 g/mol. The molecule has 3 heteroatoms. The number of ether oxygens (including phenoxy) is 2. The maximum atomic E-state index is 11.3. The number of hydrogen-bond acceptors (Lipinski definition) is 3. The number of aliphatic hydroxyl groups is 1. The van der Waals surface area contributed by atoms with Crippen molar-refractivity contribution in [3.8, 4) is 0 Å². The molecule has 2 heterocycles. The van der Waals surface area contributed by atoms with E-state index in [1.807, 2.05) is 0 Å². The summed E-state index contributed by atoms with van der Waals surface area (Å²) in [6.45, 7) is 9.26. The molecular formula is C17H30O3. The van der Waals surface area contributed by atoms with Gasteiger partial charge in [0.05, 0.1) is 11.2 Å². The van der Waals surface area contributed by atoms with Gasteiger partial charge in [-0.05, 0) is 55.8 Å². The maximum Gasteiger partial charge on any atom is 0.0730 e. The van der Waals surface area contributed by atoms with Crippen molar-refractivity contribution in [2.45, 2.75) is 70.5 Å². The highest BCUT2D eigenvalue weighted by Crippen LogP contribution is 2.54. The smallest absolute Gasteiger partial charge is 0.0730 e. The first kappa shape index (κ1) is 14.8. The summed E-state index contributed by atoms with van der Waals surface area (Å²) in [5.74, 6) is 0.795. The lowest BCUT2D eigenvalue weighted by atomic mass is 9.69. The summed E-state index contributed by atoms with van der Waals surface area (Å²) in [6.07, 6.45) is 6.11. The molecule has 0 radical (unpaired) electrons. The van der Waals surface area contributed by atoms with Crippen molar-refractivity contribution in [1.82, 2.24) is 0 Å². The summed E-state index contributed by atoms with van der Waals surface area (Å²) < 4.78 is 11.6. The minimum Gasteiger partial charge on any atom is -0.389 e. The lowest BCUT2D eigenvalue weighted by molar-refractivity contribution is -0.181. The van der Waals surface area contributed by atoms with Crippen LogP contribution in [0.15, 0.2) is 0 Å². The molecule has 1 aliphatic carbocycles. The van der Waals surface area contributed by atoms with Crippen LogP contribution >= 0.6 is 0 Å². The second kappa shape index (κ2) is 4.96. The van der Waals surface area contributed by atoms with Gasteiger partial charge in [-0.1, -0.05) is 20.8 Å². The van der Waals surface area contributed by atoms with Crippen LogP contribution in [-0.2, 0) is 9.47 Å². The largest absolute Gasteiger partial charge is 0.389 e. The Morgan fingerprint density at radius 1 is 1.05 bits per heavy atom. The molecule has 3 rings (SSSR count). The van der Waals surface area contributed by atoms with Gasteiger partial charge in [0, 0.05) is 19.8 Å². The lowest BCUT2D eigenvalue weighted by Gasteiger charge is -2.48. The molecule has 0 aromatic heterocycles. The summed E-state index contributed by atoms with van der Waals surface area (Å²) in [6, 6.07) is 0. The van der Waals surface area contributed by atoms with Gasteiger partial charge in [0.1, 0.15) is 0 Å². The van der Waals surface area contributed by atoms with Crippen molar-refractivity contribution < 1.29 is 14.6 Å². The van der Waals surface area contributed by atoms with Crippen LogP contribution in [0.5, 0.6) is 0 Å². The molecule has 2 aliphatic heterocycles. The van der Waals surface area contributed by atoms with Gasteiger partial charge in [-0.2, -0.15) is 0 Å². The molecule has 3 atom stereocenters. The summed E-state index contributed by atoms with van der Waals surface area (Å²) in [5.41, 5.74) is -0.225. The van der Waals surface area contributed by atoms with Crippen LogP contribution in [0.1, 0.15) is 59.3 Å². The van der Waals surface area contributed by atoms with Crippen LogP contribution in [0.4, 0.5) is 0 Å². The minimum atomic E-state index is -0.488. The first-order chi connectivity index (χ1) is 9.35. The van der Waals surface area contributed by atoms with Gasteiger partial charge >= 0.3 is 0 Å². The van der Waals surface area contributed by atoms with E-state index in [4.69, 9.17) is 9.47 Å². The predicted molar refractivity (Wildman–Crippen MR) is 78.6 cm³/mol. The van der Waals surface area contributed by atoms with E-state index >= 15 is 0 Å². The third-order valence-electron chi connectivity index (χ3n) is 6.08. The Bertz CT molecular complexity index is 354. The Hall–Kier alpha value is -0.120. The van der Waals surface area contributed by atoms with Gasteiger partial charge in [-0.25, -0.2) is 0 Å². The number of hydrogen-bond donors (Lipinski definition) is 1. The van der Waals surface area contributed by atoms with E-state index < -0.39 is 5.60 Å². The monoisotopic (exact) mass is 282 g/mol. The van der Waals surface area contributed by atoms with Gasteiger partial charge in [-0.15, -0.1) is 0 Å². The molecule has 3 fully saturated rings. The van der Waals surface area contributed by atoms with E-state index in [0.29, 0.717) is 11.8 Å². The van der Waals surface area contributed by atoms with Crippen LogP contribution in [0.25, 0.3) is 0 Å². The summed E-state index contributed by atoms with van der Waals surface area (Å²) in [7, 11) is 0.